The molecule has 1 N–H and O–H groups in total. The summed E-state index contributed by atoms with van der Waals surface area (Å²) in [6.45, 7) is 29.2. The predicted octanol–water partition coefficient (Wildman–Crippen LogP) is 5.99. The van der Waals surface area contributed by atoms with E-state index in [1.807, 2.05) is 0 Å². The molecule has 0 amide bonds. The Morgan fingerprint density at radius 1 is 0.636 bits per heavy atom. The minimum absolute atomic E-state index is 0.323. The van der Waals surface area contributed by atoms with E-state index >= 15 is 0 Å². The van der Waals surface area contributed by atoms with Gasteiger partial charge in [0, 0.05) is 12.1 Å². The minimum Gasteiger partial charge on any atom is -0.311 e. The van der Waals surface area contributed by atoms with Gasteiger partial charge < -0.3 is 5.32 Å². The predicted molar refractivity (Wildman–Crippen MR) is 100 cm³/mol. The fraction of sp³-hybridized carbons (Fsp3) is 1.00. The van der Waals surface area contributed by atoms with Gasteiger partial charge in [0.05, 0.1) is 0 Å². The Bertz CT molecular complexity index is 361. The van der Waals surface area contributed by atoms with Crippen LogP contribution in [0.3, 0.4) is 0 Å². The zero-order chi connectivity index (χ0) is 17.7. The summed E-state index contributed by atoms with van der Waals surface area (Å²) < 4.78 is 0. The molecule has 5 unspecified atom stereocenters. The molecule has 0 aromatic carbocycles. The third-order valence-electron chi connectivity index (χ3n) is 5.87. The molecule has 22 heavy (non-hydrogen) atoms. The van der Waals surface area contributed by atoms with Gasteiger partial charge >= 0.3 is 0 Å². The third kappa shape index (κ3) is 4.08. The van der Waals surface area contributed by atoms with Crippen molar-refractivity contribution in [1.29, 1.82) is 0 Å². The quantitative estimate of drug-likeness (QED) is 0.627. The molecule has 1 rings (SSSR count). The van der Waals surface area contributed by atoms with Gasteiger partial charge in [0.25, 0.3) is 0 Å². The van der Waals surface area contributed by atoms with Crippen LogP contribution in [0, 0.1) is 39.9 Å². The maximum atomic E-state index is 4.03. The summed E-state index contributed by atoms with van der Waals surface area (Å²) in [4.78, 5) is 0. The van der Waals surface area contributed by atoms with Crippen LogP contribution in [0.4, 0.5) is 0 Å². The second kappa shape index (κ2) is 6.11. The average molecular weight is 310 g/mol. The van der Waals surface area contributed by atoms with E-state index in [9.17, 15) is 0 Å². The largest absolute Gasteiger partial charge is 0.311 e. The van der Waals surface area contributed by atoms with E-state index in [2.05, 4.69) is 88.4 Å². The fourth-order valence-electron chi connectivity index (χ4n) is 5.32. The fourth-order valence-corrected chi connectivity index (χ4v) is 5.32. The monoisotopic (exact) mass is 309 g/mol. The van der Waals surface area contributed by atoms with Crippen LogP contribution in [0.2, 0.25) is 0 Å². The van der Waals surface area contributed by atoms with Crippen molar-refractivity contribution >= 4 is 0 Å². The first kappa shape index (κ1) is 20.0. The normalized spacial score (nSPS) is 35.0. The maximum Gasteiger partial charge on any atom is 0.0129 e. The SMILES string of the molecule is CC(C)C1NC(C)C(C(C)(C)C)C(C(C)(C)C)C1C(C)(C)C. The first-order valence-electron chi connectivity index (χ1n) is 9.34. The summed E-state index contributed by atoms with van der Waals surface area (Å²) >= 11 is 0. The smallest absolute Gasteiger partial charge is 0.0129 e. The summed E-state index contributed by atoms with van der Waals surface area (Å²) in [5.41, 5.74) is 0.985. The van der Waals surface area contributed by atoms with Gasteiger partial charge in [-0.2, -0.15) is 0 Å². The molecule has 0 aromatic rings. The average Bonchev–Trinajstić information content (AvgIpc) is 2.22. The Kier molecular flexibility index (Phi) is 5.56. The van der Waals surface area contributed by atoms with Crippen molar-refractivity contribution in [3.05, 3.63) is 0 Å². The molecule has 5 atom stereocenters. The Labute approximate surface area is 141 Å². The van der Waals surface area contributed by atoms with Gasteiger partial charge in [-0.3, -0.25) is 0 Å². The molecule has 0 aliphatic carbocycles. The lowest BCUT2D eigenvalue weighted by atomic mass is 9.49. The molecular weight excluding hydrogens is 266 g/mol. The van der Waals surface area contributed by atoms with Crippen molar-refractivity contribution in [3.63, 3.8) is 0 Å². The highest BCUT2D eigenvalue weighted by Crippen LogP contribution is 2.55. The van der Waals surface area contributed by atoms with Gasteiger partial charge in [0.2, 0.25) is 0 Å². The first-order chi connectivity index (χ1) is 9.58. The highest BCUT2D eigenvalue weighted by Gasteiger charge is 2.54. The van der Waals surface area contributed by atoms with Crippen molar-refractivity contribution in [3.8, 4) is 0 Å². The second-order valence-electron chi connectivity index (χ2n) is 11.4. The van der Waals surface area contributed by atoms with E-state index in [1.54, 1.807) is 0 Å². The summed E-state index contributed by atoms with van der Waals surface area (Å²) in [6, 6.07) is 1.19. The Morgan fingerprint density at radius 3 is 1.27 bits per heavy atom. The second-order valence-corrected chi connectivity index (χ2v) is 11.4. The molecule has 1 saturated heterocycles. The number of rotatable bonds is 1. The van der Waals surface area contributed by atoms with Crippen LogP contribution < -0.4 is 5.32 Å². The van der Waals surface area contributed by atoms with Crippen LogP contribution in [-0.4, -0.2) is 12.1 Å². The first-order valence-corrected chi connectivity index (χ1v) is 9.34. The Balaban J connectivity index is 3.47. The molecule has 0 radical (unpaired) electrons. The lowest BCUT2D eigenvalue weighted by Gasteiger charge is -2.60. The molecule has 0 aromatic heterocycles. The van der Waals surface area contributed by atoms with Gasteiger partial charge in [-0.05, 0) is 46.8 Å². The number of hydrogen-bond acceptors (Lipinski definition) is 1. The highest BCUT2D eigenvalue weighted by atomic mass is 15.0. The molecule has 0 spiro atoms. The van der Waals surface area contributed by atoms with E-state index in [0.717, 1.165) is 5.92 Å². The lowest BCUT2D eigenvalue weighted by molar-refractivity contribution is -0.0921. The zero-order valence-electron chi connectivity index (χ0n) is 17.5. The van der Waals surface area contributed by atoms with E-state index in [-0.39, 0.29) is 0 Å². The lowest BCUT2D eigenvalue weighted by Crippen LogP contribution is -2.65. The Hall–Kier alpha value is -0.0400. The molecule has 1 fully saturated rings. The molecule has 1 heterocycles. The summed E-state index contributed by atoms with van der Waals surface area (Å²) in [5.74, 6) is 2.81. The van der Waals surface area contributed by atoms with Gasteiger partial charge in [-0.15, -0.1) is 0 Å². The van der Waals surface area contributed by atoms with Gasteiger partial charge in [-0.25, -0.2) is 0 Å². The van der Waals surface area contributed by atoms with Gasteiger partial charge in [0.15, 0.2) is 0 Å². The van der Waals surface area contributed by atoms with Crippen LogP contribution in [-0.2, 0) is 0 Å². The zero-order valence-corrected chi connectivity index (χ0v) is 17.5. The molecule has 132 valence electrons. The van der Waals surface area contributed by atoms with E-state index < -0.39 is 0 Å². The van der Waals surface area contributed by atoms with Crippen LogP contribution in [0.15, 0.2) is 0 Å². The van der Waals surface area contributed by atoms with E-state index in [4.69, 9.17) is 0 Å². The summed E-state index contributed by atoms with van der Waals surface area (Å²) in [5, 5.41) is 4.03. The number of nitrogens with one attached hydrogen (secondary N) is 1. The van der Waals surface area contributed by atoms with E-state index in [0.29, 0.717) is 46.1 Å². The number of hydrogen-bond donors (Lipinski definition) is 1. The standard InChI is InChI=1S/C21H43N/c1-13(2)18-17(21(10,11)12)16(20(7,8)9)15(14(3)22-18)19(4,5)6/h13-18,22H,1-12H3. The third-order valence-corrected chi connectivity index (χ3v) is 5.87. The van der Waals surface area contributed by atoms with E-state index in [1.165, 1.54) is 0 Å². The minimum atomic E-state index is 0.323. The molecule has 0 bridgehead atoms. The number of piperidine rings is 1. The highest BCUT2D eigenvalue weighted by molar-refractivity contribution is 5.06. The van der Waals surface area contributed by atoms with Crippen LogP contribution in [0.25, 0.3) is 0 Å². The van der Waals surface area contributed by atoms with Gasteiger partial charge in [0.1, 0.15) is 0 Å². The van der Waals surface area contributed by atoms with Crippen LogP contribution in [0.5, 0.6) is 0 Å². The van der Waals surface area contributed by atoms with Gasteiger partial charge in [-0.1, -0.05) is 76.2 Å². The van der Waals surface area contributed by atoms with Crippen molar-refractivity contribution < 1.29 is 0 Å². The van der Waals surface area contributed by atoms with Crippen LogP contribution >= 0.6 is 0 Å². The molecule has 1 nitrogen and oxygen atoms in total. The summed E-state index contributed by atoms with van der Waals surface area (Å²) in [7, 11) is 0. The molecule has 1 aliphatic heterocycles. The molecule has 1 heteroatoms. The topological polar surface area (TPSA) is 12.0 Å². The van der Waals surface area contributed by atoms with Crippen molar-refractivity contribution in [2.24, 2.45) is 39.9 Å². The molecule has 0 saturated carbocycles. The Morgan fingerprint density at radius 2 is 1.00 bits per heavy atom. The van der Waals surface area contributed by atoms with Crippen molar-refractivity contribution in [2.45, 2.75) is 95.2 Å². The summed E-state index contributed by atoms with van der Waals surface area (Å²) in [6.07, 6.45) is 0. The van der Waals surface area contributed by atoms with Crippen molar-refractivity contribution in [2.75, 3.05) is 0 Å². The van der Waals surface area contributed by atoms with Crippen LogP contribution in [0.1, 0.15) is 83.1 Å². The van der Waals surface area contributed by atoms with Crippen molar-refractivity contribution in [1.82, 2.24) is 5.32 Å². The maximum absolute atomic E-state index is 4.03. The molecular formula is C21H43N. The molecule has 1 aliphatic rings.